The van der Waals surface area contributed by atoms with Crippen molar-refractivity contribution in [2.45, 2.75) is 32.1 Å². The zero-order valence-electron chi connectivity index (χ0n) is 10.7. The Balaban J connectivity index is 1.77. The summed E-state index contributed by atoms with van der Waals surface area (Å²) in [6.45, 7) is 3.38. The van der Waals surface area contributed by atoms with Crippen molar-refractivity contribution in [2.75, 3.05) is 26.2 Å². The lowest BCUT2D eigenvalue weighted by molar-refractivity contribution is -0.137. The summed E-state index contributed by atoms with van der Waals surface area (Å²) in [4.78, 5) is 24.7. The minimum atomic E-state index is -0.740. The second-order valence-electron chi connectivity index (χ2n) is 5.41. The smallest absolute Gasteiger partial charge is 0.303 e. The molecule has 0 aromatic rings. The highest BCUT2D eigenvalue weighted by Crippen LogP contribution is 2.24. The highest BCUT2D eigenvalue weighted by atomic mass is 16.4. The molecule has 2 fully saturated rings. The van der Waals surface area contributed by atoms with Crippen LogP contribution in [-0.2, 0) is 9.59 Å². The molecule has 0 aromatic carbocycles. The predicted octanol–water partition coefficient (Wildman–Crippen LogP) is 0.699. The monoisotopic (exact) mass is 254 g/mol. The first-order valence-electron chi connectivity index (χ1n) is 6.88. The molecule has 18 heavy (non-hydrogen) atoms. The number of piperidine rings is 1. The molecule has 0 aliphatic carbocycles. The third-order valence-corrected chi connectivity index (χ3v) is 4.01. The first-order valence-corrected chi connectivity index (χ1v) is 6.88. The van der Waals surface area contributed by atoms with Crippen molar-refractivity contribution in [3.63, 3.8) is 0 Å². The normalized spacial score (nSPS) is 28.3. The van der Waals surface area contributed by atoms with Crippen LogP contribution in [0.4, 0.5) is 0 Å². The fourth-order valence-electron chi connectivity index (χ4n) is 2.92. The summed E-state index contributed by atoms with van der Waals surface area (Å²) in [5.41, 5.74) is 0. The number of carbonyl (C=O) groups excluding carboxylic acids is 1. The van der Waals surface area contributed by atoms with Crippen molar-refractivity contribution >= 4 is 11.9 Å². The number of carboxylic acid groups (broad SMARTS) is 1. The standard InChI is InChI=1S/C13H22N2O3/c16-12(17)4-3-10-5-7-15(9-10)13(18)11-2-1-6-14-8-11/h10-11,14H,1-9H2,(H,16,17)/t10?,11-/m1/s1. The number of likely N-dealkylation sites (tertiary alicyclic amines) is 1. The van der Waals surface area contributed by atoms with Crippen LogP contribution in [0.2, 0.25) is 0 Å². The summed E-state index contributed by atoms with van der Waals surface area (Å²) in [5, 5.41) is 11.9. The molecule has 0 spiro atoms. The van der Waals surface area contributed by atoms with Gasteiger partial charge in [-0.3, -0.25) is 9.59 Å². The molecular weight excluding hydrogens is 232 g/mol. The molecule has 0 bridgehead atoms. The van der Waals surface area contributed by atoms with E-state index in [4.69, 9.17) is 5.11 Å². The number of rotatable bonds is 4. The van der Waals surface area contributed by atoms with Crippen molar-refractivity contribution in [3.05, 3.63) is 0 Å². The summed E-state index contributed by atoms with van der Waals surface area (Å²) in [6, 6.07) is 0. The van der Waals surface area contributed by atoms with Gasteiger partial charge in [0.25, 0.3) is 0 Å². The van der Waals surface area contributed by atoms with Crippen LogP contribution in [0, 0.1) is 11.8 Å². The van der Waals surface area contributed by atoms with Gasteiger partial charge in [-0.1, -0.05) is 0 Å². The van der Waals surface area contributed by atoms with Gasteiger partial charge < -0.3 is 15.3 Å². The Kier molecular flexibility index (Phi) is 4.58. The number of hydrogen-bond acceptors (Lipinski definition) is 3. The number of nitrogens with zero attached hydrogens (tertiary/aromatic N) is 1. The molecule has 5 heteroatoms. The van der Waals surface area contributed by atoms with Gasteiger partial charge in [0.15, 0.2) is 0 Å². The Morgan fingerprint density at radius 3 is 2.83 bits per heavy atom. The molecule has 0 saturated carbocycles. The molecule has 2 rings (SSSR count). The van der Waals surface area contributed by atoms with Crippen LogP contribution in [0.5, 0.6) is 0 Å². The van der Waals surface area contributed by atoms with E-state index in [9.17, 15) is 9.59 Å². The van der Waals surface area contributed by atoms with Crippen molar-refractivity contribution in [1.82, 2.24) is 10.2 Å². The Labute approximate surface area is 108 Å². The van der Waals surface area contributed by atoms with E-state index in [0.29, 0.717) is 12.3 Å². The number of hydrogen-bond donors (Lipinski definition) is 2. The van der Waals surface area contributed by atoms with Crippen LogP contribution in [0.25, 0.3) is 0 Å². The number of aliphatic carboxylic acids is 1. The van der Waals surface area contributed by atoms with Crippen LogP contribution >= 0.6 is 0 Å². The van der Waals surface area contributed by atoms with Crippen LogP contribution in [0.15, 0.2) is 0 Å². The molecule has 2 aliphatic rings. The summed E-state index contributed by atoms with van der Waals surface area (Å²) < 4.78 is 0. The van der Waals surface area contributed by atoms with E-state index in [1.807, 2.05) is 4.90 Å². The van der Waals surface area contributed by atoms with Crippen LogP contribution in [0.3, 0.4) is 0 Å². The van der Waals surface area contributed by atoms with E-state index in [1.54, 1.807) is 0 Å². The summed E-state index contributed by atoms with van der Waals surface area (Å²) in [5.74, 6) is 0.0369. The fraction of sp³-hybridized carbons (Fsp3) is 0.846. The molecule has 102 valence electrons. The molecular formula is C13H22N2O3. The summed E-state index contributed by atoms with van der Waals surface area (Å²) in [6.07, 6.45) is 3.94. The third-order valence-electron chi connectivity index (χ3n) is 4.01. The lowest BCUT2D eigenvalue weighted by Gasteiger charge is -2.26. The second-order valence-corrected chi connectivity index (χ2v) is 5.41. The zero-order valence-corrected chi connectivity index (χ0v) is 10.7. The fourth-order valence-corrected chi connectivity index (χ4v) is 2.92. The van der Waals surface area contributed by atoms with Crippen molar-refractivity contribution in [3.8, 4) is 0 Å². The maximum Gasteiger partial charge on any atom is 0.303 e. The molecule has 2 atom stereocenters. The number of amides is 1. The molecule has 1 unspecified atom stereocenters. The van der Waals surface area contributed by atoms with Crippen LogP contribution in [-0.4, -0.2) is 48.1 Å². The molecule has 0 radical (unpaired) electrons. The topological polar surface area (TPSA) is 69.6 Å². The minimum Gasteiger partial charge on any atom is -0.481 e. The van der Waals surface area contributed by atoms with Gasteiger partial charge >= 0.3 is 5.97 Å². The van der Waals surface area contributed by atoms with Gasteiger partial charge in [-0.25, -0.2) is 0 Å². The highest BCUT2D eigenvalue weighted by molar-refractivity contribution is 5.79. The molecule has 2 saturated heterocycles. The molecule has 5 nitrogen and oxygen atoms in total. The van der Waals surface area contributed by atoms with Gasteiger partial charge in [0, 0.05) is 26.1 Å². The van der Waals surface area contributed by atoms with E-state index in [-0.39, 0.29) is 18.2 Å². The van der Waals surface area contributed by atoms with E-state index < -0.39 is 5.97 Å². The quantitative estimate of drug-likeness (QED) is 0.775. The van der Waals surface area contributed by atoms with Crippen LogP contribution < -0.4 is 5.32 Å². The van der Waals surface area contributed by atoms with Gasteiger partial charge in [0.1, 0.15) is 0 Å². The van der Waals surface area contributed by atoms with Gasteiger partial charge in [-0.05, 0) is 38.1 Å². The SMILES string of the molecule is O=C(O)CCC1CCN(C(=O)[C@@H]2CCCNC2)C1. The first-order chi connectivity index (χ1) is 8.66. The lowest BCUT2D eigenvalue weighted by atomic mass is 9.98. The van der Waals surface area contributed by atoms with Crippen molar-refractivity contribution in [1.29, 1.82) is 0 Å². The summed E-state index contributed by atoms with van der Waals surface area (Å²) >= 11 is 0. The Morgan fingerprint density at radius 2 is 2.17 bits per heavy atom. The molecule has 0 aromatic heterocycles. The number of nitrogens with one attached hydrogen (secondary N) is 1. The molecule has 2 N–H and O–H groups in total. The third kappa shape index (κ3) is 3.45. The Hall–Kier alpha value is -1.10. The van der Waals surface area contributed by atoms with E-state index in [1.165, 1.54) is 0 Å². The maximum atomic E-state index is 12.3. The van der Waals surface area contributed by atoms with Gasteiger partial charge in [-0.15, -0.1) is 0 Å². The molecule has 2 heterocycles. The lowest BCUT2D eigenvalue weighted by Crippen LogP contribution is -2.42. The molecule has 2 aliphatic heterocycles. The zero-order chi connectivity index (χ0) is 13.0. The summed E-state index contributed by atoms with van der Waals surface area (Å²) in [7, 11) is 0. The Bertz CT molecular complexity index is 313. The predicted molar refractivity (Wildman–Crippen MR) is 67.2 cm³/mol. The van der Waals surface area contributed by atoms with E-state index in [0.717, 1.165) is 45.4 Å². The average Bonchev–Trinajstić information content (AvgIpc) is 2.85. The number of carboxylic acids is 1. The van der Waals surface area contributed by atoms with Gasteiger partial charge in [-0.2, -0.15) is 0 Å². The van der Waals surface area contributed by atoms with E-state index in [2.05, 4.69) is 5.32 Å². The number of carbonyl (C=O) groups is 2. The molecule has 1 amide bonds. The van der Waals surface area contributed by atoms with Crippen molar-refractivity contribution < 1.29 is 14.7 Å². The minimum absolute atomic E-state index is 0.136. The maximum absolute atomic E-state index is 12.3. The van der Waals surface area contributed by atoms with Gasteiger partial charge in [0.2, 0.25) is 5.91 Å². The Morgan fingerprint density at radius 1 is 1.33 bits per heavy atom. The van der Waals surface area contributed by atoms with Crippen LogP contribution in [0.1, 0.15) is 32.1 Å². The second kappa shape index (κ2) is 6.18. The highest BCUT2D eigenvalue weighted by Gasteiger charge is 2.31. The van der Waals surface area contributed by atoms with E-state index >= 15 is 0 Å². The average molecular weight is 254 g/mol. The first kappa shape index (κ1) is 13.3. The van der Waals surface area contributed by atoms with Crippen molar-refractivity contribution in [2.24, 2.45) is 11.8 Å². The largest absolute Gasteiger partial charge is 0.481 e. The van der Waals surface area contributed by atoms with Gasteiger partial charge in [0.05, 0.1) is 5.92 Å².